The minimum atomic E-state index is -1.40. The van der Waals surface area contributed by atoms with E-state index in [1.165, 1.54) is 0 Å². The lowest BCUT2D eigenvalue weighted by Gasteiger charge is -2.35. The highest BCUT2D eigenvalue weighted by molar-refractivity contribution is 5.86. The number of hydrogen-bond donors (Lipinski definition) is 1. The highest BCUT2D eigenvalue weighted by Gasteiger charge is 2.46. The molecule has 0 saturated carbocycles. The molecule has 1 aliphatic heterocycles. The van der Waals surface area contributed by atoms with Crippen molar-refractivity contribution in [2.24, 2.45) is 0 Å². The Bertz CT molecular complexity index is 663. The lowest BCUT2D eigenvalue weighted by Crippen LogP contribution is -2.45. The van der Waals surface area contributed by atoms with Crippen LogP contribution in [0.15, 0.2) is 60.7 Å². The molecule has 5 heteroatoms. The van der Waals surface area contributed by atoms with Crippen LogP contribution in [-0.2, 0) is 19.9 Å². The first-order valence-electron chi connectivity index (χ1n) is 9.50. The zero-order chi connectivity index (χ0) is 19.0. The molecule has 0 bridgehead atoms. The van der Waals surface area contributed by atoms with Crippen LogP contribution in [0, 0.1) is 0 Å². The highest BCUT2D eigenvalue weighted by atomic mass is 19.1. The molecule has 27 heavy (non-hydrogen) atoms. The summed E-state index contributed by atoms with van der Waals surface area (Å²) in [6.07, 6.45) is 1.63. The van der Waals surface area contributed by atoms with Gasteiger partial charge >= 0.3 is 5.97 Å². The summed E-state index contributed by atoms with van der Waals surface area (Å²) in [4.78, 5) is 13.5. The van der Waals surface area contributed by atoms with Crippen LogP contribution in [0.4, 0.5) is 4.39 Å². The van der Waals surface area contributed by atoms with Gasteiger partial charge in [-0.05, 0) is 43.5 Å². The van der Waals surface area contributed by atoms with Gasteiger partial charge in [-0.3, -0.25) is 4.39 Å². The SMILES string of the molecule is O=C(OC1CCNCC1)C(OCCCF)(c1ccccc1)c1ccccc1. The second-order valence-corrected chi connectivity index (χ2v) is 6.66. The van der Waals surface area contributed by atoms with E-state index in [1.807, 2.05) is 60.7 Å². The van der Waals surface area contributed by atoms with Gasteiger partial charge in [-0.2, -0.15) is 0 Å². The van der Waals surface area contributed by atoms with E-state index < -0.39 is 18.2 Å². The van der Waals surface area contributed by atoms with Crippen LogP contribution >= 0.6 is 0 Å². The Kier molecular flexibility index (Phi) is 6.96. The normalized spacial score (nSPS) is 15.4. The molecule has 3 rings (SSSR count). The molecule has 144 valence electrons. The monoisotopic (exact) mass is 371 g/mol. The molecular formula is C22H26FNO3. The minimum Gasteiger partial charge on any atom is -0.460 e. The van der Waals surface area contributed by atoms with Gasteiger partial charge in [0.2, 0.25) is 5.60 Å². The Morgan fingerprint density at radius 3 is 2.07 bits per heavy atom. The average molecular weight is 371 g/mol. The molecule has 2 aromatic carbocycles. The summed E-state index contributed by atoms with van der Waals surface area (Å²) in [5, 5.41) is 3.27. The van der Waals surface area contributed by atoms with Crippen molar-refractivity contribution in [2.45, 2.75) is 31.0 Å². The lowest BCUT2D eigenvalue weighted by atomic mass is 9.85. The summed E-state index contributed by atoms with van der Waals surface area (Å²) in [6, 6.07) is 18.6. The van der Waals surface area contributed by atoms with Crippen LogP contribution in [0.1, 0.15) is 30.4 Å². The molecule has 1 fully saturated rings. The summed E-state index contributed by atoms with van der Waals surface area (Å²) in [6.45, 7) is 1.28. The second kappa shape index (κ2) is 9.62. The molecule has 0 radical (unpaired) electrons. The number of alkyl halides is 1. The number of carbonyl (C=O) groups excluding carboxylic acids is 1. The number of ether oxygens (including phenoxy) is 2. The molecule has 0 unspecified atom stereocenters. The molecule has 0 atom stereocenters. The van der Waals surface area contributed by atoms with Gasteiger partial charge < -0.3 is 14.8 Å². The van der Waals surface area contributed by atoms with Crippen LogP contribution in [0.3, 0.4) is 0 Å². The highest BCUT2D eigenvalue weighted by Crippen LogP contribution is 2.36. The maximum atomic E-state index is 13.5. The fourth-order valence-electron chi connectivity index (χ4n) is 3.40. The van der Waals surface area contributed by atoms with Gasteiger partial charge in [0.1, 0.15) is 6.10 Å². The molecule has 0 amide bonds. The van der Waals surface area contributed by atoms with E-state index in [-0.39, 0.29) is 19.1 Å². The van der Waals surface area contributed by atoms with Crippen molar-refractivity contribution in [1.82, 2.24) is 5.32 Å². The summed E-state index contributed by atoms with van der Waals surface area (Å²) in [7, 11) is 0. The van der Waals surface area contributed by atoms with Crippen LogP contribution in [0.2, 0.25) is 0 Å². The minimum absolute atomic E-state index is 0.127. The molecule has 1 N–H and O–H groups in total. The van der Waals surface area contributed by atoms with Gasteiger partial charge in [0.05, 0.1) is 13.3 Å². The topological polar surface area (TPSA) is 47.6 Å². The number of carbonyl (C=O) groups is 1. The second-order valence-electron chi connectivity index (χ2n) is 6.66. The molecule has 0 spiro atoms. The van der Waals surface area contributed by atoms with Crippen molar-refractivity contribution in [3.8, 4) is 0 Å². The number of nitrogens with one attached hydrogen (secondary N) is 1. The number of rotatable bonds is 8. The Balaban J connectivity index is 2.00. The lowest BCUT2D eigenvalue weighted by molar-refractivity contribution is -0.175. The average Bonchev–Trinajstić information content (AvgIpc) is 2.73. The number of benzene rings is 2. The third-order valence-electron chi connectivity index (χ3n) is 4.80. The van der Waals surface area contributed by atoms with E-state index >= 15 is 0 Å². The van der Waals surface area contributed by atoms with Crippen molar-refractivity contribution >= 4 is 5.97 Å². The summed E-state index contributed by atoms with van der Waals surface area (Å²) < 4.78 is 24.8. The number of halogens is 1. The van der Waals surface area contributed by atoms with Crippen molar-refractivity contribution in [3.05, 3.63) is 71.8 Å². The summed E-state index contributed by atoms with van der Waals surface area (Å²) >= 11 is 0. The van der Waals surface area contributed by atoms with Gasteiger partial charge in [0, 0.05) is 0 Å². The van der Waals surface area contributed by atoms with Gasteiger partial charge in [0.25, 0.3) is 0 Å². The number of esters is 1. The summed E-state index contributed by atoms with van der Waals surface area (Å²) in [5.41, 5.74) is -0.0225. The number of piperidine rings is 1. The first kappa shape index (κ1) is 19.5. The molecule has 1 heterocycles. The van der Waals surface area contributed by atoms with E-state index in [0.717, 1.165) is 25.9 Å². The van der Waals surface area contributed by atoms with Crippen LogP contribution in [-0.4, -0.2) is 38.4 Å². The smallest absolute Gasteiger partial charge is 0.348 e. The standard InChI is InChI=1S/C22H26FNO3/c23-14-7-17-26-22(18-8-3-1-4-9-18,19-10-5-2-6-11-19)21(25)27-20-12-15-24-16-13-20/h1-6,8-11,20,24H,7,12-17H2. The molecule has 0 aromatic heterocycles. The Hall–Kier alpha value is -2.24. The van der Waals surface area contributed by atoms with Crippen LogP contribution in [0.25, 0.3) is 0 Å². The van der Waals surface area contributed by atoms with Crippen molar-refractivity contribution in [3.63, 3.8) is 0 Å². The van der Waals surface area contributed by atoms with Crippen LogP contribution in [0.5, 0.6) is 0 Å². The predicted molar refractivity (Wildman–Crippen MR) is 102 cm³/mol. The number of hydrogen-bond acceptors (Lipinski definition) is 4. The third-order valence-corrected chi connectivity index (χ3v) is 4.80. The first-order chi connectivity index (χ1) is 13.3. The van der Waals surface area contributed by atoms with Gasteiger partial charge in [-0.1, -0.05) is 60.7 Å². The van der Waals surface area contributed by atoms with E-state index in [1.54, 1.807) is 0 Å². The van der Waals surface area contributed by atoms with E-state index in [4.69, 9.17) is 9.47 Å². The summed E-state index contributed by atoms with van der Waals surface area (Å²) in [5.74, 6) is -0.439. The first-order valence-corrected chi connectivity index (χ1v) is 9.50. The van der Waals surface area contributed by atoms with Crippen molar-refractivity contribution < 1.29 is 18.7 Å². The van der Waals surface area contributed by atoms with Gasteiger partial charge in [-0.25, -0.2) is 4.79 Å². The quantitative estimate of drug-likeness (QED) is 0.569. The molecule has 4 nitrogen and oxygen atoms in total. The van der Waals surface area contributed by atoms with E-state index in [0.29, 0.717) is 11.1 Å². The Morgan fingerprint density at radius 1 is 1.00 bits per heavy atom. The Morgan fingerprint density at radius 2 is 1.56 bits per heavy atom. The largest absolute Gasteiger partial charge is 0.460 e. The molecule has 2 aromatic rings. The zero-order valence-electron chi connectivity index (χ0n) is 15.4. The molecule has 1 aliphatic rings. The molecular weight excluding hydrogens is 345 g/mol. The van der Waals surface area contributed by atoms with Gasteiger partial charge in [-0.15, -0.1) is 0 Å². The Labute approximate surface area is 159 Å². The van der Waals surface area contributed by atoms with E-state index in [2.05, 4.69) is 5.32 Å². The van der Waals surface area contributed by atoms with Crippen molar-refractivity contribution in [2.75, 3.05) is 26.4 Å². The predicted octanol–water partition coefficient (Wildman–Crippen LogP) is 3.60. The third kappa shape index (κ3) is 4.54. The maximum absolute atomic E-state index is 13.5. The maximum Gasteiger partial charge on any atom is 0.348 e. The van der Waals surface area contributed by atoms with Crippen LogP contribution < -0.4 is 5.32 Å². The fourth-order valence-corrected chi connectivity index (χ4v) is 3.40. The molecule has 1 saturated heterocycles. The fraction of sp³-hybridized carbons (Fsp3) is 0.409. The van der Waals surface area contributed by atoms with Gasteiger partial charge in [0.15, 0.2) is 0 Å². The molecule has 0 aliphatic carbocycles. The zero-order valence-corrected chi connectivity index (χ0v) is 15.4. The van der Waals surface area contributed by atoms with E-state index in [9.17, 15) is 9.18 Å². The van der Waals surface area contributed by atoms with Crippen molar-refractivity contribution in [1.29, 1.82) is 0 Å².